The third kappa shape index (κ3) is 4.37. The predicted molar refractivity (Wildman–Crippen MR) is 92.1 cm³/mol. The molecule has 7 nitrogen and oxygen atoms in total. The van der Waals surface area contributed by atoms with Crippen molar-refractivity contribution in [1.82, 2.24) is 24.8 Å². The van der Waals surface area contributed by atoms with Gasteiger partial charge in [-0.1, -0.05) is 30.3 Å². The van der Waals surface area contributed by atoms with Crippen molar-refractivity contribution in [2.75, 3.05) is 57.4 Å². The summed E-state index contributed by atoms with van der Waals surface area (Å²) < 4.78 is 0. The summed E-state index contributed by atoms with van der Waals surface area (Å²) in [6.45, 7) is 6.22. The summed E-state index contributed by atoms with van der Waals surface area (Å²) >= 11 is 0. The van der Waals surface area contributed by atoms with Gasteiger partial charge in [-0.15, -0.1) is 0 Å². The van der Waals surface area contributed by atoms with Crippen molar-refractivity contribution in [2.45, 2.75) is 0 Å². The van der Waals surface area contributed by atoms with E-state index in [2.05, 4.69) is 37.1 Å². The van der Waals surface area contributed by atoms with E-state index >= 15 is 0 Å². The zero-order valence-corrected chi connectivity index (χ0v) is 13.4. The second kappa shape index (κ2) is 7.34. The standard InChI is InChI=1S/C16H23N7/c1-22-9-11-23(12-10-22)8-7-18-16-20-14(19-15(17)21-16)13-5-3-2-4-6-13/h2-6H,7-12H2,1H3,(H3,17,18,19,20,21). The van der Waals surface area contributed by atoms with Gasteiger partial charge >= 0.3 is 0 Å². The number of benzene rings is 1. The van der Waals surface area contributed by atoms with Gasteiger partial charge in [0, 0.05) is 44.8 Å². The average Bonchev–Trinajstić information content (AvgIpc) is 2.57. The van der Waals surface area contributed by atoms with Crippen LogP contribution in [0.15, 0.2) is 30.3 Å². The molecular formula is C16H23N7. The minimum atomic E-state index is 0.237. The highest BCUT2D eigenvalue weighted by atomic mass is 15.3. The van der Waals surface area contributed by atoms with E-state index in [9.17, 15) is 0 Å². The molecule has 1 saturated heterocycles. The number of nitrogens with zero attached hydrogens (tertiary/aromatic N) is 5. The van der Waals surface area contributed by atoms with Crippen LogP contribution in [0.3, 0.4) is 0 Å². The Labute approximate surface area is 136 Å². The van der Waals surface area contributed by atoms with Gasteiger partial charge in [0.15, 0.2) is 5.82 Å². The first kappa shape index (κ1) is 15.6. The maximum Gasteiger partial charge on any atom is 0.228 e. The minimum absolute atomic E-state index is 0.237. The lowest BCUT2D eigenvalue weighted by Gasteiger charge is -2.32. The van der Waals surface area contributed by atoms with E-state index < -0.39 is 0 Å². The summed E-state index contributed by atoms with van der Waals surface area (Å²) in [6.07, 6.45) is 0. The number of anilines is 2. The molecular weight excluding hydrogens is 290 g/mol. The second-order valence-corrected chi connectivity index (χ2v) is 5.78. The predicted octanol–water partition coefficient (Wildman–Crippen LogP) is 0.780. The highest BCUT2D eigenvalue weighted by Gasteiger charge is 2.13. The zero-order valence-electron chi connectivity index (χ0n) is 13.4. The SMILES string of the molecule is CN1CCN(CCNc2nc(N)nc(-c3ccccc3)n2)CC1. The Morgan fingerprint density at radius 3 is 2.52 bits per heavy atom. The molecule has 1 aromatic heterocycles. The topological polar surface area (TPSA) is 83.2 Å². The summed E-state index contributed by atoms with van der Waals surface area (Å²) in [4.78, 5) is 17.6. The van der Waals surface area contributed by atoms with Gasteiger partial charge in [-0.25, -0.2) is 0 Å². The summed E-state index contributed by atoms with van der Waals surface area (Å²) in [5.74, 6) is 1.37. The molecule has 0 bridgehead atoms. The molecule has 2 heterocycles. The van der Waals surface area contributed by atoms with Crippen molar-refractivity contribution >= 4 is 11.9 Å². The van der Waals surface area contributed by atoms with E-state index in [1.165, 1.54) is 0 Å². The van der Waals surface area contributed by atoms with E-state index in [0.717, 1.165) is 44.8 Å². The fourth-order valence-corrected chi connectivity index (χ4v) is 2.58. The van der Waals surface area contributed by atoms with Gasteiger partial charge < -0.3 is 16.0 Å². The van der Waals surface area contributed by atoms with Crippen LogP contribution in [-0.2, 0) is 0 Å². The maximum absolute atomic E-state index is 5.81. The fraction of sp³-hybridized carbons (Fsp3) is 0.438. The highest BCUT2D eigenvalue weighted by Crippen LogP contribution is 2.16. The summed E-state index contributed by atoms with van der Waals surface area (Å²) in [5, 5.41) is 3.26. The first-order chi connectivity index (χ1) is 11.2. The summed E-state index contributed by atoms with van der Waals surface area (Å²) in [7, 11) is 2.16. The Morgan fingerprint density at radius 2 is 1.78 bits per heavy atom. The van der Waals surface area contributed by atoms with E-state index in [0.29, 0.717) is 11.8 Å². The van der Waals surface area contributed by atoms with Crippen molar-refractivity contribution in [1.29, 1.82) is 0 Å². The average molecular weight is 313 g/mol. The number of nitrogens with two attached hydrogens (primary N) is 1. The molecule has 0 spiro atoms. The number of rotatable bonds is 5. The Balaban J connectivity index is 1.59. The molecule has 2 aromatic rings. The number of piperazine rings is 1. The Kier molecular flexibility index (Phi) is 4.99. The largest absolute Gasteiger partial charge is 0.368 e. The quantitative estimate of drug-likeness (QED) is 0.844. The van der Waals surface area contributed by atoms with E-state index in [-0.39, 0.29) is 5.95 Å². The van der Waals surface area contributed by atoms with Gasteiger partial charge in [-0.3, -0.25) is 4.90 Å². The molecule has 0 unspecified atom stereocenters. The lowest BCUT2D eigenvalue weighted by Crippen LogP contribution is -2.45. The minimum Gasteiger partial charge on any atom is -0.368 e. The number of nitrogen functional groups attached to an aromatic ring is 1. The molecule has 1 aliphatic heterocycles. The first-order valence-corrected chi connectivity index (χ1v) is 7.92. The van der Waals surface area contributed by atoms with Crippen molar-refractivity contribution in [3.05, 3.63) is 30.3 Å². The third-order valence-electron chi connectivity index (χ3n) is 3.99. The van der Waals surface area contributed by atoms with E-state index in [4.69, 9.17) is 5.73 Å². The van der Waals surface area contributed by atoms with Gasteiger partial charge in [0.05, 0.1) is 0 Å². The molecule has 0 radical (unpaired) electrons. The molecule has 1 aliphatic rings. The molecule has 122 valence electrons. The third-order valence-corrected chi connectivity index (χ3v) is 3.99. The Hall–Kier alpha value is -2.25. The van der Waals surface area contributed by atoms with Crippen LogP contribution >= 0.6 is 0 Å². The maximum atomic E-state index is 5.81. The monoisotopic (exact) mass is 313 g/mol. The lowest BCUT2D eigenvalue weighted by molar-refractivity contribution is 0.158. The lowest BCUT2D eigenvalue weighted by atomic mass is 10.2. The summed E-state index contributed by atoms with van der Waals surface area (Å²) in [5.41, 5.74) is 6.74. The summed E-state index contributed by atoms with van der Waals surface area (Å²) in [6, 6.07) is 9.79. The first-order valence-electron chi connectivity index (χ1n) is 7.92. The normalized spacial score (nSPS) is 16.4. The molecule has 0 atom stereocenters. The van der Waals surface area contributed by atoms with Gasteiger partial charge in [-0.05, 0) is 7.05 Å². The molecule has 0 amide bonds. The highest BCUT2D eigenvalue weighted by molar-refractivity contribution is 5.57. The smallest absolute Gasteiger partial charge is 0.228 e. The van der Waals surface area contributed by atoms with Crippen LogP contribution in [0.1, 0.15) is 0 Å². The van der Waals surface area contributed by atoms with Crippen LogP contribution < -0.4 is 11.1 Å². The van der Waals surface area contributed by atoms with Crippen molar-refractivity contribution in [3.63, 3.8) is 0 Å². The van der Waals surface area contributed by atoms with E-state index in [1.807, 2.05) is 30.3 Å². The number of hydrogen-bond donors (Lipinski definition) is 2. The molecule has 3 N–H and O–H groups in total. The molecule has 1 fully saturated rings. The van der Waals surface area contributed by atoms with Crippen LogP contribution in [0.2, 0.25) is 0 Å². The Morgan fingerprint density at radius 1 is 1.04 bits per heavy atom. The number of nitrogens with one attached hydrogen (secondary N) is 1. The van der Waals surface area contributed by atoms with Gasteiger partial charge in [0.2, 0.25) is 11.9 Å². The van der Waals surface area contributed by atoms with Crippen molar-refractivity contribution in [2.24, 2.45) is 0 Å². The van der Waals surface area contributed by atoms with E-state index in [1.54, 1.807) is 0 Å². The van der Waals surface area contributed by atoms with Crippen LogP contribution in [0.25, 0.3) is 11.4 Å². The molecule has 0 aliphatic carbocycles. The van der Waals surface area contributed by atoms with Crippen molar-refractivity contribution in [3.8, 4) is 11.4 Å². The van der Waals surface area contributed by atoms with Crippen molar-refractivity contribution < 1.29 is 0 Å². The Bertz CT molecular complexity index is 624. The van der Waals surface area contributed by atoms with Gasteiger partial charge in [-0.2, -0.15) is 15.0 Å². The molecule has 7 heteroatoms. The molecule has 0 saturated carbocycles. The fourth-order valence-electron chi connectivity index (χ4n) is 2.58. The van der Waals surface area contributed by atoms with Crippen LogP contribution in [-0.4, -0.2) is 71.1 Å². The molecule has 3 rings (SSSR count). The number of aromatic nitrogens is 3. The molecule has 23 heavy (non-hydrogen) atoms. The van der Waals surface area contributed by atoms with Crippen LogP contribution in [0.4, 0.5) is 11.9 Å². The van der Waals surface area contributed by atoms with Gasteiger partial charge in [0.25, 0.3) is 0 Å². The zero-order chi connectivity index (χ0) is 16.1. The second-order valence-electron chi connectivity index (χ2n) is 5.78. The van der Waals surface area contributed by atoms with Crippen LogP contribution in [0.5, 0.6) is 0 Å². The van der Waals surface area contributed by atoms with Crippen LogP contribution in [0, 0.1) is 0 Å². The number of likely N-dealkylation sites (N-methyl/N-ethyl adjacent to an activating group) is 1. The number of hydrogen-bond acceptors (Lipinski definition) is 7. The molecule has 1 aromatic carbocycles. The van der Waals surface area contributed by atoms with Gasteiger partial charge in [0.1, 0.15) is 0 Å².